The average Bonchev–Trinajstić information content (AvgIpc) is 2.88. The Hall–Kier alpha value is -1.95. The van der Waals surface area contributed by atoms with Crippen LogP contribution in [0.2, 0.25) is 0 Å². The zero-order chi connectivity index (χ0) is 15.6. The van der Waals surface area contributed by atoms with Crippen molar-refractivity contribution in [3.05, 3.63) is 39.3 Å². The first-order valence-corrected chi connectivity index (χ1v) is 7.50. The topological polar surface area (TPSA) is 75.1 Å². The zero-order valence-electron chi connectivity index (χ0n) is 12.6. The van der Waals surface area contributed by atoms with Gasteiger partial charge in [0.15, 0.2) is 0 Å². The Morgan fingerprint density at radius 2 is 2.05 bits per heavy atom. The highest BCUT2D eigenvalue weighted by molar-refractivity contribution is 7.11. The minimum Gasteiger partial charge on any atom is -0.507 e. The molecule has 0 unspecified atom stereocenters. The lowest BCUT2D eigenvalue weighted by atomic mass is 9.98. The van der Waals surface area contributed by atoms with E-state index in [1.165, 1.54) is 11.3 Å². The van der Waals surface area contributed by atoms with E-state index in [1.807, 2.05) is 0 Å². The summed E-state index contributed by atoms with van der Waals surface area (Å²) in [6, 6.07) is 5.09. The van der Waals surface area contributed by atoms with E-state index in [4.69, 9.17) is 0 Å². The summed E-state index contributed by atoms with van der Waals surface area (Å²) in [5.74, 6) is -0.300. The second-order valence-corrected chi connectivity index (χ2v) is 6.97. The maximum Gasteiger partial charge on any atom is 0.255 e. The molecule has 1 aromatic carbocycles. The minimum atomic E-state index is -0.316. The third-order valence-corrected chi connectivity index (χ3v) is 4.34. The van der Waals surface area contributed by atoms with Crippen LogP contribution in [0.3, 0.4) is 0 Å². The number of hydrogen-bond acceptors (Lipinski definition) is 5. The van der Waals surface area contributed by atoms with Crippen LogP contribution in [0.4, 0.5) is 0 Å². The molecular weight excluding hydrogens is 286 g/mol. The summed E-state index contributed by atoms with van der Waals surface area (Å²) >= 11 is 1.48. The molecule has 0 fully saturated rings. The molecule has 0 saturated heterocycles. The van der Waals surface area contributed by atoms with Gasteiger partial charge in [0.2, 0.25) is 0 Å². The molecule has 5 nitrogen and oxygen atoms in total. The molecule has 0 atom stereocenters. The molecule has 0 aliphatic rings. The number of aromatic nitrogens is 2. The number of rotatable bonds is 3. The highest BCUT2D eigenvalue weighted by Crippen LogP contribution is 2.25. The summed E-state index contributed by atoms with van der Waals surface area (Å²) in [4.78, 5) is 12.1. The van der Waals surface area contributed by atoms with Crippen LogP contribution >= 0.6 is 11.3 Å². The second kappa shape index (κ2) is 5.81. The third-order valence-electron chi connectivity index (χ3n) is 2.99. The standard InChI is InChI=1S/C15H19N3O2S/c1-9-6-5-7-10(12(9)19)13(20)16-8-11-17-18-14(21-11)15(2,3)4/h5-7,19H,8H2,1-4H3,(H,16,20). The smallest absolute Gasteiger partial charge is 0.255 e. The Morgan fingerprint density at radius 1 is 1.33 bits per heavy atom. The number of phenolic OH excluding ortho intramolecular Hbond substituents is 1. The first kappa shape index (κ1) is 15.4. The van der Waals surface area contributed by atoms with Crippen molar-refractivity contribution in [2.24, 2.45) is 0 Å². The summed E-state index contributed by atoms with van der Waals surface area (Å²) in [6.45, 7) is 8.27. The summed E-state index contributed by atoms with van der Waals surface area (Å²) in [7, 11) is 0. The fourth-order valence-corrected chi connectivity index (χ4v) is 2.56. The van der Waals surface area contributed by atoms with Crippen LogP contribution in [0.1, 0.15) is 46.7 Å². The highest BCUT2D eigenvalue weighted by Gasteiger charge is 2.19. The average molecular weight is 305 g/mol. The predicted octanol–water partition coefficient (Wildman–Crippen LogP) is 2.78. The van der Waals surface area contributed by atoms with E-state index in [-0.39, 0.29) is 22.6 Å². The fraction of sp³-hybridized carbons (Fsp3) is 0.400. The lowest BCUT2D eigenvalue weighted by molar-refractivity contribution is 0.0948. The molecule has 2 N–H and O–H groups in total. The summed E-state index contributed by atoms with van der Waals surface area (Å²) in [6.07, 6.45) is 0. The number of carbonyl (C=O) groups is 1. The molecule has 2 aromatic rings. The number of aromatic hydroxyl groups is 1. The summed E-state index contributed by atoms with van der Waals surface area (Å²) in [5.41, 5.74) is 0.901. The lowest BCUT2D eigenvalue weighted by Crippen LogP contribution is -2.22. The number of nitrogens with zero attached hydrogens (tertiary/aromatic N) is 2. The zero-order valence-corrected chi connectivity index (χ0v) is 13.4. The van der Waals surface area contributed by atoms with Crippen LogP contribution in [-0.4, -0.2) is 21.2 Å². The van der Waals surface area contributed by atoms with Gasteiger partial charge in [-0.05, 0) is 18.6 Å². The van der Waals surface area contributed by atoms with E-state index in [0.717, 1.165) is 10.0 Å². The van der Waals surface area contributed by atoms with Crippen LogP contribution in [0.25, 0.3) is 0 Å². The van der Waals surface area contributed by atoms with Crippen molar-refractivity contribution in [3.8, 4) is 5.75 Å². The molecule has 0 aliphatic carbocycles. The largest absolute Gasteiger partial charge is 0.507 e. The maximum atomic E-state index is 12.1. The van der Waals surface area contributed by atoms with Crippen LogP contribution in [-0.2, 0) is 12.0 Å². The van der Waals surface area contributed by atoms with Crippen molar-refractivity contribution in [3.63, 3.8) is 0 Å². The molecule has 21 heavy (non-hydrogen) atoms. The third kappa shape index (κ3) is 3.58. The van der Waals surface area contributed by atoms with E-state index in [9.17, 15) is 9.90 Å². The predicted molar refractivity (Wildman–Crippen MR) is 82.6 cm³/mol. The molecule has 6 heteroatoms. The number of aryl methyl sites for hydroxylation is 1. The quantitative estimate of drug-likeness (QED) is 0.914. The molecule has 112 valence electrons. The van der Waals surface area contributed by atoms with Gasteiger partial charge in [0.05, 0.1) is 12.1 Å². The van der Waals surface area contributed by atoms with Gasteiger partial charge in [-0.2, -0.15) is 0 Å². The van der Waals surface area contributed by atoms with Crippen molar-refractivity contribution in [1.82, 2.24) is 15.5 Å². The van der Waals surface area contributed by atoms with Gasteiger partial charge in [-0.25, -0.2) is 0 Å². The Balaban J connectivity index is 2.05. The van der Waals surface area contributed by atoms with E-state index >= 15 is 0 Å². The van der Waals surface area contributed by atoms with Gasteiger partial charge in [-0.3, -0.25) is 4.79 Å². The Labute approximate surface area is 128 Å². The summed E-state index contributed by atoms with van der Waals surface area (Å²) in [5, 5.41) is 22.5. The fourth-order valence-electron chi connectivity index (χ4n) is 1.72. The molecular formula is C15H19N3O2S. The molecule has 0 aliphatic heterocycles. The maximum absolute atomic E-state index is 12.1. The van der Waals surface area contributed by atoms with Crippen LogP contribution in [0.5, 0.6) is 5.75 Å². The SMILES string of the molecule is Cc1cccc(C(=O)NCc2nnc(C(C)(C)C)s2)c1O. The van der Waals surface area contributed by atoms with E-state index in [2.05, 4.69) is 36.3 Å². The van der Waals surface area contributed by atoms with Gasteiger partial charge >= 0.3 is 0 Å². The highest BCUT2D eigenvalue weighted by atomic mass is 32.1. The first-order valence-electron chi connectivity index (χ1n) is 6.68. The molecule has 0 radical (unpaired) electrons. The molecule has 0 bridgehead atoms. The number of benzene rings is 1. The molecule has 0 saturated carbocycles. The van der Waals surface area contributed by atoms with Crippen LogP contribution < -0.4 is 5.32 Å². The first-order chi connectivity index (χ1) is 9.79. The van der Waals surface area contributed by atoms with Crippen molar-refractivity contribution < 1.29 is 9.90 Å². The number of para-hydroxylation sites is 1. The van der Waals surface area contributed by atoms with Crippen molar-refractivity contribution >= 4 is 17.2 Å². The van der Waals surface area contributed by atoms with Gasteiger partial charge in [0.1, 0.15) is 15.8 Å². The van der Waals surface area contributed by atoms with Gasteiger partial charge in [-0.15, -0.1) is 10.2 Å². The molecule has 2 rings (SSSR count). The van der Waals surface area contributed by atoms with Crippen molar-refractivity contribution in [2.45, 2.75) is 39.7 Å². The molecule has 1 heterocycles. The Morgan fingerprint density at radius 3 is 2.67 bits per heavy atom. The van der Waals surface area contributed by atoms with Crippen molar-refractivity contribution in [1.29, 1.82) is 0 Å². The van der Waals surface area contributed by atoms with Crippen LogP contribution in [0, 0.1) is 6.92 Å². The lowest BCUT2D eigenvalue weighted by Gasteiger charge is -2.12. The Bertz CT molecular complexity index is 659. The Kier molecular flexibility index (Phi) is 4.27. The van der Waals surface area contributed by atoms with Gasteiger partial charge in [0, 0.05) is 5.41 Å². The molecule has 1 amide bonds. The number of phenols is 1. The molecule has 1 aromatic heterocycles. The number of nitrogens with one attached hydrogen (secondary N) is 1. The summed E-state index contributed by atoms with van der Waals surface area (Å²) < 4.78 is 0. The second-order valence-electron chi connectivity index (χ2n) is 5.90. The molecule has 0 spiro atoms. The number of amides is 1. The van der Waals surface area contributed by atoms with E-state index < -0.39 is 0 Å². The number of hydrogen-bond donors (Lipinski definition) is 2. The van der Waals surface area contributed by atoms with Gasteiger partial charge in [0.25, 0.3) is 5.91 Å². The normalized spacial score (nSPS) is 11.4. The van der Waals surface area contributed by atoms with Crippen molar-refractivity contribution in [2.75, 3.05) is 0 Å². The van der Waals surface area contributed by atoms with Gasteiger partial charge in [-0.1, -0.05) is 44.2 Å². The van der Waals surface area contributed by atoms with E-state index in [0.29, 0.717) is 12.1 Å². The number of carbonyl (C=O) groups excluding carboxylic acids is 1. The van der Waals surface area contributed by atoms with E-state index in [1.54, 1.807) is 25.1 Å². The van der Waals surface area contributed by atoms with Gasteiger partial charge < -0.3 is 10.4 Å². The van der Waals surface area contributed by atoms with Crippen LogP contribution in [0.15, 0.2) is 18.2 Å². The monoisotopic (exact) mass is 305 g/mol. The minimum absolute atomic E-state index is 0.0163.